The van der Waals surface area contributed by atoms with Crippen LogP contribution in [0, 0.1) is 0 Å². The van der Waals surface area contributed by atoms with Crippen LogP contribution in [0.1, 0.15) is 33.4 Å². The number of pyridine rings is 1. The molecule has 5 nitrogen and oxygen atoms in total. The van der Waals surface area contributed by atoms with Crippen molar-refractivity contribution in [2.24, 2.45) is 5.73 Å². The average Bonchev–Trinajstić information content (AvgIpc) is 2.59. The van der Waals surface area contributed by atoms with Crippen molar-refractivity contribution in [1.29, 1.82) is 0 Å². The molecule has 0 aliphatic carbocycles. The summed E-state index contributed by atoms with van der Waals surface area (Å²) in [4.78, 5) is 4.20. The Balaban J connectivity index is 2.33. The van der Waals surface area contributed by atoms with Gasteiger partial charge >= 0.3 is 7.12 Å². The van der Waals surface area contributed by atoms with Crippen molar-refractivity contribution in [1.82, 2.24) is 4.98 Å². The lowest BCUT2D eigenvalue weighted by Gasteiger charge is -2.32. The van der Waals surface area contributed by atoms with E-state index < -0.39 is 18.3 Å². The van der Waals surface area contributed by atoms with Gasteiger partial charge in [-0.1, -0.05) is 11.6 Å². The van der Waals surface area contributed by atoms with Gasteiger partial charge in [-0.15, -0.1) is 0 Å². The lowest BCUT2D eigenvalue weighted by Crippen LogP contribution is -2.41. The molecule has 0 amide bonds. The van der Waals surface area contributed by atoms with Crippen molar-refractivity contribution >= 4 is 30.5 Å². The number of rotatable bonds is 3. The Morgan fingerprint density at radius 3 is 2.38 bits per heavy atom. The molecular weight excluding hydrogens is 288 g/mol. The van der Waals surface area contributed by atoms with Crippen molar-refractivity contribution in [3.63, 3.8) is 0 Å². The zero-order valence-electron chi connectivity index (χ0n) is 12.8. The molecule has 0 saturated carbocycles. The molecule has 1 saturated heterocycles. The smallest absolute Gasteiger partial charge is 0.400 e. The van der Waals surface area contributed by atoms with Gasteiger partial charge in [-0.3, -0.25) is 0 Å². The summed E-state index contributed by atoms with van der Waals surface area (Å²) >= 11 is 5.90. The van der Waals surface area contributed by atoms with E-state index in [4.69, 9.17) is 32.4 Å². The van der Waals surface area contributed by atoms with Crippen LogP contribution >= 0.6 is 11.6 Å². The minimum Gasteiger partial charge on any atom is -0.400 e. The van der Waals surface area contributed by atoms with Crippen LogP contribution in [0.2, 0.25) is 5.15 Å². The van der Waals surface area contributed by atoms with Crippen LogP contribution in [0.15, 0.2) is 17.6 Å². The fourth-order valence-corrected chi connectivity index (χ4v) is 2.12. The largest absolute Gasteiger partial charge is 0.491 e. The van der Waals surface area contributed by atoms with Crippen molar-refractivity contribution in [3.05, 3.63) is 28.5 Å². The molecule has 7 heteroatoms. The first-order valence-electron chi connectivity index (χ1n) is 6.84. The predicted molar refractivity (Wildman–Crippen MR) is 86.8 cm³/mol. The summed E-state index contributed by atoms with van der Waals surface area (Å²) in [6, 6.07) is 3.35. The number of hydrogen-bond acceptors (Lipinski definition) is 5. The van der Waals surface area contributed by atoms with Gasteiger partial charge in [-0.05, 0) is 51.4 Å². The number of nitrogens with two attached hydrogens (primary N) is 2. The van der Waals surface area contributed by atoms with Crippen LogP contribution in [-0.4, -0.2) is 29.8 Å². The standard InChI is InChI=1S/C14H21BClN3O2/c1-13(2)14(3,4)21-15(20-13)9(8-17)7-11-10(18)5-6-12(16)19-11/h5-7H,8,17-18H2,1-4H3. The normalized spacial score (nSPS) is 20.9. The third-order valence-electron chi connectivity index (χ3n) is 4.04. The van der Waals surface area contributed by atoms with E-state index >= 15 is 0 Å². The summed E-state index contributed by atoms with van der Waals surface area (Å²) < 4.78 is 12.0. The number of halogens is 1. The molecule has 0 aromatic carbocycles. The maximum Gasteiger partial charge on any atom is 0.491 e. The van der Waals surface area contributed by atoms with E-state index in [1.807, 2.05) is 27.7 Å². The molecule has 0 unspecified atom stereocenters. The van der Waals surface area contributed by atoms with Crippen molar-refractivity contribution in [2.75, 3.05) is 12.3 Å². The molecule has 1 aromatic rings. The fourth-order valence-electron chi connectivity index (χ4n) is 1.97. The number of anilines is 1. The van der Waals surface area contributed by atoms with Crippen LogP contribution in [0.5, 0.6) is 0 Å². The first-order valence-corrected chi connectivity index (χ1v) is 7.22. The molecule has 0 bridgehead atoms. The second kappa shape index (κ2) is 5.61. The molecule has 114 valence electrons. The van der Waals surface area contributed by atoms with Crippen LogP contribution in [-0.2, 0) is 9.31 Å². The van der Waals surface area contributed by atoms with Crippen LogP contribution < -0.4 is 11.5 Å². The zero-order chi connectivity index (χ0) is 15.8. The molecular formula is C14H21BClN3O2. The first kappa shape index (κ1) is 16.3. The molecule has 1 aliphatic heterocycles. The maximum absolute atomic E-state index is 5.99. The second-order valence-corrected chi connectivity index (χ2v) is 6.51. The van der Waals surface area contributed by atoms with Gasteiger partial charge in [0.05, 0.1) is 22.6 Å². The monoisotopic (exact) mass is 309 g/mol. The van der Waals surface area contributed by atoms with Gasteiger partial charge in [-0.2, -0.15) is 0 Å². The molecule has 4 N–H and O–H groups in total. The Hall–Kier alpha value is -1.08. The van der Waals surface area contributed by atoms with Gasteiger partial charge < -0.3 is 20.8 Å². The summed E-state index contributed by atoms with van der Waals surface area (Å²) in [5, 5.41) is 0.376. The molecule has 0 radical (unpaired) electrons. The van der Waals surface area contributed by atoms with Gasteiger partial charge in [0.25, 0.3) is 0 Å². The van der Waals surface area contributed by atoms with Gasteiger partial charge in [0.1, 0.15) is 5.15 Å². The van der Waals surface area contributed by atoms with E-state index in [0.29, 0.717) is 16.5 Å². The Labute approximate surface area is 130 Å². The minimum absolute atomic E-state index is 0.282. The Bertz CT molecular complexity index is 559. The lowest BCUT2D eigenvalue weighted by atomic mass is 9.77. The topological polar surface area (TPSA) is 83.4 Å². The third-order valence-corrected chi connectivity index (χ3v) is 4.25. The Morgan fingerprint density at radius 1 is 1.29 bits per heavy atom. The summed E-state index contributed by atoms with van der Waals surface area (Å²) in [7, 11) is -0.514. The summed E-state index contributed by atoms with van der Waals surface area (Å²) in [6.07, 6.45) is 1.78. The van der Waals surface area contributed by atoms with Crippen molar-refractivity contribution in [3.8, 4) is 0 Å². The van der Waals surface area contributed by atoms with Gasteiger partial charge in [0.2, 0.25) is 0 Å². The summed E-state index contributed by atoms with van der Waals surface area (Å²) in [5.41, 5.74) is 12.8. The maximum atomic E-state index is 5.99. The van der Waals surface area contributed by atoms with Gasteiger partial charge in [0.15, 0.2) is 0 Å². The SMILES string of the molecule is CC1(C)OB(C(=Cc2nc(Cl)ccc2N)CN)OC1(C)C. The van der Waals surface area contributed by atoms with Crippen LogP contribution in [0.25, 0.3) is 6.08 Å². The van der Waals surface area contributed by atoms with Crippen molar-refractivity contribution in [2.45, 2.75) is 38.9 Å². The van der Waals surface area contributed by atoms with Crippen molar-refractivity contribution < 1.29 is 9.31 Å². The van der Waals surface area contributed by atoms with Crippen LogP contribution in [0.4, 0.5) is 5.69 Å². The number of nitrogens with zero attached hydrogens (tertiary/aromatic N) is 1. The Morgan fingerprint density at radius 2 is 1.86 bits per heavy atom. The lowest BCUT2D eigenvalue weighted by molar-refractivity contribution is 0.00578. The van der Waals surface area contributed by atoms with Gasteiger partial charge in [0, 0.05) is 6.54 Å². The molecule has 21 heavy (non-hydrogen) atoms. The highest BCUT2D eigenvalue weighted by atomic mass is 35.5. The highest BCUT2D eigenvalue weighted by molar-refractivity contribution is 6.56. The first-order chi connectivity index (χ1) is 9.66. The van der Waals surface area contributed by atoms with E-state index in [-0.39, 0.29) is 6.54 Å². The second-order valence-electron chi connectivity index (χ2n) is 6.12. The van der Waals surface area contributed by atoms with E-state index in [0.717, 1.165) is 5.47 Å². The highest BCUT2D eigenvalue weighted by Gasteiger charge is 2.52. The predicted octanol–water partition coefficient (Wildman–Crippen LogP) is 2.29. The molecule has 1 aliphatic rings. The molecule has 2 heterocycles. The van der Waals surface area contributed by atoms with Crippen LogP contribution in [0.3, 0.4) is 0 Å². The molecule has 0 spiro atoms. The third kappa shape index (κ3) is 3.24. The van der Waals surface area contributed by atoms with Gasteiger partial charge in [-0.25, -0.2) is 4.98 Å². The molecule has 1 fully saturated rings. The fraction of sp³-hybridized carbons (Fsp3) is 0.500. The molecule has 0 atom stereocenters. The highest BCUT2D eigenvalue weighted by Crippen LogP contribution is 2.38. The summed E-state index contributed by atoms with van der Waals surface area (Å²) in [6.45, 7) is 8.25. The van der Waals surface area contributed by atoms with E-state index in [1.165, 1.54) is 0 Å². The number of aromatic nitrogens is 1. The molecule has 2 rings (SSSR count). The quantitative estimate of drug-likeness (QED) is 0.661. The minimum atomic E-state index is -0.514. The zero-order valence-corrected chi connectivity index (χ0v) is 13.6. The average molecular weight is 310 g/mol. The van der Waals surface area contributed by atoms with E-state index in [1.54, 1.807) is 18.2 Å². The van der Waals surface area contributed by atoms with E-state index in [9.17, 15) is 0 Å². The number of hydrogen-bond donors (Lipinski definition) is 2. The Kier molecular flexibility index (Phi) is 4.35. The van der Waals surface area contributed by atoms with E-state index in [2.05, 4.69) is 4.98 Å². The number of nitrogen functional groups attached to an aromatic ring is 1. The summed E-state index contributed by atoms with van der Waals surface area (Å²) in [5.74, 6) is 0. The molecule has 1 aromatic heterocycles.